The first-order valence-electron chi connectivity index (χ1n) is 4.31. The van der Waals surface area contributed by atoms with E-state index in [1.165, 1.54) is 0 Å². The molecule has 1 heterocycles. The van der Waals surface area contributed by atoms with E-state index in [-0.39, 0.29) is 0 Å². The van der Waals surface area contributed by atoms with Crippen molar-refractivity contribution in [2.45, 2.75) is 6.92 Å². The highest BCUT2D eigenvalue weighted by molar-refractivity contribution is 6.30. The normalized spacial score (nSPS) is 10.1. The summed E-state index contributed by atoms with van der Waals surface area (Å²) in [6, 6.07) is 7.51. The van der Waals surface area contributed by atoms with Gasteiger partial charge in [-0.15, -0.1) is 0 Å². The van der Waals surface area contributed by atoms with Crippen LogP contribution in [0.5, 0.6) is 0 Å². The molecule has 0 saturated carbocycles. The number of hydrogen-bond donors (Lipinski definition) is 0. The van der Waals surface area contributed by atoms with E-state index in [0.29, 0.717) is 10.8 Å². The summed E-state index contributed by atoms with van der Waals surface area (Å²) in [7, 11) is 0. The van der Waals surface area contributed by atoms with Crippen molar-refractivity contribution in [2.24, 2.45) is 0 Å². The maximum atomic E-state index is 5.91. The van der Waals surface area contributed by atoms with Gasteiger partial charge in [0.2, 0.25) is 0 Å². The van der Waals surface area contributed by atoms with Crippen molar-refractivity contribution >= 4 is 11.6 Å². The standard InChI is InChI=1S/C11H9ClN2/c1-8-3-4-9(12)7-10(8)11-13-5-2-6-14-11/h2-7H,1H3. The van der Waals surface area contributed by atoms with Gasteiger partial charge < -0.3 is 0 Å². The first-order valence-corrected chi connectivity index (χ1v) is 4.69. The van der Waals surface area contributed by atoms with Gasteiger partial charge in [0.05, 0.1) is 0 Å². The van der Waals surface area contributed by atoms with Crippen LogP contribution in [0.15, 0.2) is 36.7 Å². The van der Waals surface area contributed by atoms with Crippen molar-refractivity contribution in [3.05, 3.63) is 47.2 Å². The molecule has 0 aliphatic rings. The highest BCUT2D eigenvalue weighted by Crippen LogP contribution is 2.22. The van der Waals surface area contributed by atoms with Crippen molar-refractivity contribution in [3.8, 4) is 11.4 Å². The topological polar surface area (TPSA) is 25.8 Å². The summed E-state index contributed by atoms with van der Waals surface area (Å²) in [5.74, 6) is 0.715. The first kappa shape index (κ1) is 9.16. The number of aromatic nitrogens is 2. The number of halogens is 1. The van der Waals surface area contributed by atoms with Crippen LogP contribution in [0.25, 0.3) is 11.4 Å². The summed E-state index contributed by atoms with van der Waals surface area (Å²) in [5, 5.41) is 0.707. The van der Waals surface area contributed by atoms with E-state index < -0.39 is 0 Å². The molecule has 0 fully saturated rings. The fraction of sp³-hybridized carbons (Fsp3) is 0.0909. The SMILES string of the molecule is Cc1ccc(Cl)cc1-c1ncccn1. The van der Waals surface area contributed by atoms with Crippen LogP contribution < -0.4 is 0 Å². The Balaban J connectivity index is 2.57. The first-order chi connectivity index (χ1) is 6.77. The predicted molar refractivity (Wildman–Crippen MR) is 57.2 cm³/mol. The Bertz CT molecular complexity index is 440. The molecule has 0 atom stereocenters. The third kappa shape index (κ3) is 1.75. The molecular formula is C11H9ClN2. The molecule has 1 aromatic heterocycles. The van der Waals surface area contributed by atoms with Crippen molar-refractivity contribution in [2.75, 3.05) is 0 Å². The Kier molecular flexibility index (Phi) is 2.46. The lowest BCUT2D eigenvalue weighted by molar-refractivity contribution is 1.17. The van der Waals surface area contributed by atoms with E-state index in [2.05, 4.69) is 9.97 Å². The molecule has 3 heteroatoms. The molecule has 2 rings (SSSR count). The van der Waals surface area contributed by atoms with Gasteiger partial charge in [0.25, 0.3) is 0 Å². The molecule has 14 heavy (non-hydrogen) atoms. The molecule has 0 unspecified atom stereocenters. The maximum absolute atomic E-state index is 5.91. The van der Waals surface area contributed by atoms with Gasteiger partial charge in [-0.05, 0) is 30.7 Å². The minimum atomic E-state index is 0.707. The second kappa shape index (κ2) is 3.76. The Morgan fingerprint density at radius 1 is 1.14 bits per heavy atom. The predicted octanol–water partition coefficient (Wildman–Crippen LogP) is 3.11. The number of nitrogens with zero attached hydrogens (tertiary/aromatic N) is 2. The molecule has 0 bridgehead atoms. The molecule has 0 N–H and O–H groups in total. The fourth-order valence-electron chi connectivity index (χ4n) is 1.27. The Morgan fingerprint density at radius 2 is 1.86 bits per heavy atom. The lowest BCUT2D eigenvalue weighted by atomic mass is 10.1. The second-order valence-corrected chi connectivity index (χ2v) is 3.47. The van der Waals surface area contributed by atoms with Crippen LogP contribution in [0.4, 0.5) is 0 Å². The van der Waals surface area contributed by atoms with Gasteiger partial charge in [-0.3, -0.25) is 0 Å². The quantitative estimate of drug-likeness (QED) is 0.714. The fourth-order valence-corrected chi connectivity index (χ4v) is 1.45. The van der Waals surface area contributed by atoms with Gasteiger partial charge in [0, 0.05) is 23.0 Å². The molecule has 0 spiro atoms. The van der Waals surface area contributed by atoms with E-state index in [1.807, 2.05) is 25.1 Å². The van der Waals surface area contributed by atoms with Crippen LogP contribution >= 0.6 is 11.6 Å². The largest absolute Gasteiger partial charge is 0.237 e. The highest BCUT2D eigenvalue weighted by Gasteiger charge is 2.03. The molecular weight excluding hydrogens is 196 g/mol. The lowest BCUT2D eigenvalue weighted by Crippen LogP contribution is -1.89. The molecule has 0 aliphatic heterocycles. The number of rotatable bonds is 1. The maximum Gasteiger partial charge on any atom is 0.159 e. The number of hydrogen-bond acceptors (Lipinski definition) is 2. The summed E-state index contributed by atoms with van der Waals surface area (Å²) in [6.07, 6.45) is 3.45. The Hall–Kier alpha value is -1.41. The molecule has 70 valence electrons. The second-order valence-electron chi connectivity index (χ2n) is 3.03. The summed E-state index contributed by atoms with van der Waals surface area (Å²) in [6.45, 7) is 2.02. The lowest BCUT2D eigenvalue weighted by Gasteiger charge is -2.03. The molecule has 0 amide bonds. The molecule has 2 aromatic rings. The van der Waals surface area contributed by atoms with Gasteiger partial charge in [0.1, 0.15) is 0 Å². The Labute approximate surface area is 87.6 Å². The average Bonchev–Trinajstić information content (AvgIpc) is 2.23. The van der Waals surface area contributed by atoms with Crippen LogP contribution in [0.3, 0.4) is 0 Å². The average molecular weight is 205 g/mol. The Morgan fingerprint density at radius 3 is 2.57 bits per heavy atom. The van der Waals surface area contributed by atoms with Crippen molar-refractivity contribution in [1.29, 1.82) is 0 Å². The molecule has 0 aliphatic carbocycles. The molecule has 0 radical (unpaired) electrons. The summed E-state index contributed by atoms with van der Waals surface area (Å²) < 4.78 is 0. The van der Waals surface area contributed by atoms with Crippen LogP contribution in [-0.4, -0.2) is 9.97 Å². The van der Waals surface area contributed by atoms with Crippen LogP contribution in [0.2, 0.25) is 5.02 Å². The summed E-state index contributed by atoms with van der Waals surface area (Å²) in [4.78, 5) is 8.36. The third-order valence-electron chi connectivity index (χ3n) is 2.01. The van der Waals surface area contributed by atoms with E-state index in [0.717, 1.165) is 11.1 Å². The van der Waals surface area contributed by atoms with Crippen LogP contribution in [0, 0.1) is 6.92 Å². The van der Waals surface area contributed by atoms with E-state index in [4.69, 9.17) is 11.6 Å². The summed E-state index contributed by atoms with van der Waals surface area (Å²) in [5.41, 5.74) is 2.11. The zero-order valence-electron chi connectivity index (χ0n) is 7.74. The number of benzene rings is 1. The molecule has 2 nitrogen and oxygen atoms in total. The minimum absolute atomic E-state index is 0.707. The zero-order chi connectivity index (χ0) is 9.97. The third-order valence-corrected chi connectivity index (χ3v) is 2.24. The van der Waals surface area contributed by atoms with Crippen molar-refractivity contribution in [1.82, 2.24) is 9.97 Å². The van der Waals surface area contributed by atoms with Gasteiger partial charge >= 0.3 is 0 Å². The minimum Gasteiger partial charge on any atom is -0.237 e. The van der Waals surface area contributed by atoms with E-state index in [9.17, 15) is 0 Å². The van der Waals surface area contributed by atoms with Gasteiger partial charge in [0.15, 0.2) is 5.82 Å². The monoisotopic (exact) mass is 204 g/mol. The number of aryl methyl sites for hydroxylation is 1. The smallest absolute Gasteiger partial charge is 0.159 e. The molecule has 0 saturated heterocycles. The van der Waals surface area contributed by atoms with Gasteiger partial charge in [-0.1, -0.05) is 17.7 Å². The summed E-state index contributed by atoms with van der Waals surface area (Å²) >= 11 is 5.91. The van der Waals surface area contributed by atoms with Gasteiger partial charge in [-0.2, -0.15) is 0 Å². The van der Waals surface area contributed by atoms with Crippen LogP contribution in [0.1, 0.15) is 5.56 Å². The van der Waals surface area contributed by atoms with E-state index in [1.54, 1.807) is 18.5 Å². The van der Waals surface area contributed by atoms with E-state index >= 15 is 0 Å². The van der Waals surface area contributed by atoms with Crippen molar-refractivity contribution in [3.63, 3.8) is 0 Å². The highest BCUT2D eigenvalue weighted by atomic mass is 35.5. The molecule has 1 aromatic carbocycles. The van der Waals surface area contributed by atoms with Crippen molar-refractivity contribution < 1.29 is 0 Å². The van der Waals surface area contributed by atoms with Crippen LogP contribution in [-0.2, 0) is 0 Å². The zero-order valence-corrected chi connectivity index (χ0v) is 8.49. The van der Waals surface area contributed by atoms with Gasteiger partial charge in [-0.25, -0.2) is 9.97 Å².